The van der Waals surface area contributed by atoms with E-state index in [-0.39, 0.29) is 17.9 Å². The number of carbonyl (C=O) groups is 2. The van der Waals surface area contributed by atoms with Crippen LogP contribution in [0, 0.1) is 13.8 Å². The summed E-state index contributed by atoms with van der Waals surface area (Å²) < 4.78 is 0. The van der Waals surface area contributed by atoms with Gasteiger partial charge in [0.15, 0.2) is 0 Å². The van der Waals surface area contributed by atoms with Crippen LogP contribution in [-0.4, -0.2) is 35.3 Å². The average molecular weight is 435 g/mol. The Bertz CT molecular complexity index is 888. The summed E-state index contributed by atoms with van der Waals surface area (Å²) in [6, 6.07) is 16.2. The number of rotatable bonds is 9. The molecule has 172 valence electrons. The lowest BCUT2D eigenvalue weighted by molar-refractivity contribution is -0.140. The van der Waals surface area contributed by atoms with Crippen LogP contribution in [0.5, 0.6) is 0 Å². The van der Waals surface area contributed by atoms with Crippen molar-refractivity contribution in [1.29, 1.82) is 0 Å². The molecule has 3 rings (SSSR count). The summed E-state index contributed by atoms with van der Waals surface area (Å²) in [5.74, 6) is 0.0238. The van der Waals surface area contributed by atoms with Crippen LogP contribution >= 0.6 is 0 Å². The quantitative estimate of drug-likeness (QED) is 0.594. The molecule has 2 amide bonds. The van der Waals surface area contributed by atoms with E-state index in [9.17, 15) is 9.59 Å². The van der Waals surface area contributed by atoms with Crippen LogP contribution in [0.4, 0.5) is 0 Å². The minimum absolute atomic E-state index is 0.000832. The zero-order chi connectivity index (χ0) is 22.9. The molecule has 2 aromatic rings. The zero-order valence-electron chi connectivity index (χ0n) is 19.9. The van der Waals surface area contributed by atoms with E-state index in [1.54, 1.807) is 0 Å². The summed E-state index contributed by atoms with van der Waals surface area (Å²) in [6.07, 6.45) is 7.37. The Kier molecular flexibility index (Phi) is 8.90. The Labute approximate surface area is 193 Å². The smallest absolute Gasteiger partial charge is 0.243 e. The first-order valence-corrected chi connectivity index (χ1v) is 12.2. The van der Waals surface area contributed by atoms with Crippen molar-refractivity contribution in [1.82, 2.24) is 10.2 Å². The first-order valence-electron chi connectivity index (χ1n) is 12.2. The predicted molar refractivity (Wildman–Crippen MR) is 131 cm³/mol. The summed E-state index contributed by atoms with van der Waals surface area (Å²) in [6.45, 7) is 6.70. The second kappa shape index (κ2) is 11.8. The van der Waals surface area contributed by atoms with Crippen molar-refractivity contribution in [3.8, 4) is 0 Å². The molecule has 0 radical (unpaired) electrons. The van der Waals surface area contributed by atoms with E-state index in [0.29, 0.717) is 19.4 Å². The number of benzene rings is 2. The SMILES string of the molecule is CC[C@@H](C(=O)NC1CCCCC1)N(CCc1ccccc1)C(=O)Cc1ccc(C)c(C)c1. The molecule has 1 fully saturated rings. The van der Waals surface area contributed by atoms with Gasteiger partial charge >= 0.3 is 0 Å². The largest absolute Gasteiger partial charge is 0.352 e. The summed E-state index contributed by atoms with van der Waals surface area (Å²) in [4.78, 5) is 28.5. The molecular weight excluding hydrogens is 396 g/mol. The molecule has 4 heteroatoms. The van der Waals surface area contributed by atoms with E-state index in [0.717, 1.165) is 24.8 Å². The first-order chi connectivity index (χ1) is 15.5. The molecule has 1 saturated carbocycles. The Morgan fingerprint density at radius 3 is 2.34 bits per heavy atom. The van der Waals surface area contributed by atoms with E-state index in [4.69, 9.17) is 0 Å². The van der Waals surface area contributed by atoms with Crippen LogP contribution in [0.25, 0.3) is 0 Å². The molecule has 2 aromatic carbocycles. The normalized spacial score (nSPS) is 15.2. The van der Waals surface area contributed by atoms with Crippen molar-refractivity contribution in [2.45, 2.75) is 84.2 Å². The van der Waals surface area contributed by atoms with E-state index < -0.39 is 6.04 Å². The van der Waals surface area contributed by atoms with E-state index in [1.807, 2.05) is 36.1 Å². The fourth-order valence-corrected chi connectivity index (χ4v) is 4.63. The molecule has 1 atom stereocenters. The van der Waals surface area contributed by atoms with Crippen molar-refractivity contribution in [3.05, 3.63) is 70.8 Å². The van der Waals surface area contributed by atoms with Gasteiger partial charge in [0.05, 0.1) is 6.42 Å². The van der Waals surface area contributed by atoms with Gasteiger partial charge in [-0.25, -0.2) is 0 Å². The molecule has 0 unspecified atom stereocenters. The molecule has 0 bridgehead atoms. The lowest BCUT2D eigenvalue weighted by atomic mass is 9.95. The maximum atomic E-state index is 13.5. The average Bonchev–Trinajstić information content (AvgIpc) is 2.80. The van der Waals surface area contributed by atoms with Crippen molar-refractivity contribution in [3.63, 3.8) is 0 Å². The summed E-state index contributed by atoms with van der Waals surface area (Å²) >= 11 is 0. The van der Waals surface area contributed by atoms with Gasteiger partial charge in [0.1, 0.15) is 6.04 Å². The third-order valence-electron chi connectivity index (χ3n) is 6.75. The molecule has 4 nitrogen and oxygen atoms in total. The molecule has 0 aliphatic heterocycles. The minimum atomic E-state index is -0.431. The third-order valence-corrected chi connectivity index (χ3v) is 6.75. The van der Waals surface area contributed by atoms with Gasteiger partial charge in [0.25, 0.3) is 0 Å². The third kappa shape index (κ3) is 6.69. The predicted octanol–water partition coefficient (Wildman–Crippen LogP) is 5.14. The number of nitrogens with zero attached hydrogens (tertiary/aromatic N) is 1. The highest BCUT2D eigenvalue weighted by Crippen LogP contribution is 2.19. The van der Waals surface area contributed by atoms with E-state index >= 15 is 0 Å². The molecule has 0 heterocycles. The van der Waals surface area contributed by atoms with Gasteiger partial charge in [-0.1, -0.05) is 74.7 Å². The molecule has 1 N–H and O–H groups in total. The molecule has 0 spiro atoms. The van der Waals surface area contributed by atoms with Crippen LogP contribution in [0.1, 0.15) is 67.7 Å². The Hall–Kier alpha value is -2.62. The lowest BCUT2D eigenvalue weighted by Crippen LogP contribution is -2.52. The van der Waals surface area contributed by atoms with Crippen molar-refractivity contribution >= 4 is 11.8 Å². The molecule has 32 heavy (non-hydrogen) atoms. The van der Waals surface area contributed by atoms with Gasteiger partial charge in [-0.15, -0.1) is 0 Å². The van der Waals surface area contributed by atoms with Gasteiger partial charge in [0.2, 0.25) is 11.8 Å². The number of hydrogen-bond acceptors (Lipinski definition) is 2. The summed E-state index contributed by atoms with van der Waals surface area (Å²) in [5.41, 5.74) is 4.60. The van der Waals surface area contributed by atoms with E-state index in [1.165, 1.54) is 36.0 Å². The first kappa shape index (κ1) is 24.0. The van der Waals surface area contributed by atoms with E-state index in [2.05, 4.69) is 43.4 Å². The number of nitrogens with one attached hydrogen (secondary N) is 1. The Morgan fingerprint density at radius 1 is 0.969 bits per heavy atom. The molecule has 1 aliphatic carbocycles. The van der Waals surface area contributed by atoms with Gasteiger partial charge < -0.3 is 10.2 Å². The number of aryl methyl sites for hydroxylation is 2. The number of amides is 2. The van der Waals surface area contributed by atoms with Crippen LogP contribution in [0.2, 0.25) is 0 Å². The fraction of sp³-hybridized carbons (Fsp3) is 0.500. The molecular formula is C28H38N2O2. The van der Waals surface area contributed by atoms with Gasteiger partial charge in [-0.05, 0) is 61.8 Å². The van der Waals surface area contributed by atoms with Crippen LogP contribution in [0.3, 0.4) is 0 Å². The second-order valence-electron chi connectivity index (χ2n) is 9.19. The van der Waals surface area contributed by atoms with Gasteiger partial charge in [-0.3, -0.25) is 9.59 Å². The number of hydrogen-bond donors (Lipinski definition) is 1. The zero-order valence-corrected chi connectivity index (χ0v) is 19.9. The Morgan fingerprint density at radius 2 is 1.69 bits per heavy atom. The lowest BCUT2D eigenvalue weighted by Gasteiger charge is -2.33. The maximum Gasteiger partial charge on any atom is 0.243 e. The van der Waals surface area contributed by atoms with Gasteiger partial charge in [0, 0.05) is 12.6 Å². The Balaban J connectivity index is 1.75. The minimum Gasteiger partial charge on any atom is -0.352 e. The second-order valence-corrected chi connectivity index (χ2v) is 9.19. The maximum absolute atomic E-state index is 13.5. The standard InChI is InChI=1S/C28H38N2O2/c1-4-26(28(32)29-25-13-9-6-10-14-25)30(18-17-23-11-7-5-8-12-23)27(31)20-24-16-15-21(2)22(3)19-24/h5,7-8,11-12,15-16,19,25-26H,4,6,9-10,13-14,17-18,20H2,1-3H3,(H,29,32)/t26-/m0/s1. The number of carbonyl (C=O) groups excluding carboxylic acids is 2. The van der Waals surface area contributed by atoms with Crippen molar-refractivity contribution in [2.24, 2.45) is 0 Å². The van der Waals surface area contributed by atoms with Crippen LogP contribution in [-0.2, 0) is 22.4 Å². The van der Waals surface area contributed by atoms with Crippen LogP contribution in [0.15, 0.2) is 48.5 Å². The summed E-state index contributed by atoms with van der Waals surface area (Å²) in [5, 5.41) is 3.25. The highest BCUT2D eigenvalue weighted by Gasteiger charge is 2.30. The highest BCUT2D eigenvalue weighted by atomic mass is 16.2. The fourth-order valence-electron chi connectivity index (χ4n) is 4.63. The highest BCUT2D eigenvalue weighted by molar-refractivity contribution is 5.88. The molecule has 1 aliphatic rings. The van der Waals surface area contributed by atoms with Crippen molar-refractivity contribution < 1.29 is 9.59 Å². The molecule has 0 aromatic heterocycles. The van der Waals surface area contributed by atoms with Crippen molar-refractivity contribution in [2.75, 3.05) is 6.54 Å². The molecule has 0 saturated heterocycles. The van der Waals surface area contributed by atoms with Crippen LogP contribution < -0.4 is 5.32 Å². The summed E-state index contributed by atoms with van der Waals surface area (Å²) in [7, 11) is 0. The van der Waals surface area contributed by atoms with Gasteiger partial charge in [-0.2, -0.15) is 0 Å². The monoisotopic (exact) mass is 434 g/mol. The topological polar surface area (TPSA) is 49.4 Å².